The Labute approximate surface area is 169 Å². The van der Waals surface area contributed by atoms with E-state index in [1.165, 1.54) is 4.57 Å². The minimum Gasteiger partial charge on any atom is -0.494 e. The molecule has 0 aliphatic heterocycles. The Kier molecular flexibility index (Phi) is 5.25. The maximum atomic E-state index is 13.0. The van der Waals surface area contributed by atoms with Crippen molar-refractivity contribution in [2.24, 2.45) is 4.99 Å². The first-order valence-electron chi connectivity index (χ1n) is 9.69. The van der Waals surface area contributed by atoms with E-state index in [-0.39, 0.29) is 11.4 Å². The summed E-state index contributed by atoms with van der Waals surface area (Å²) in [6, 6.07) is 24.9. The molecule has 0 saturated heterocycles. The minimum atomic E-state index is -0.215. The highest BCUT2D eigenvalue weighted by Gasteiger charge is 2.15. The molecule has 0 aliphatic carbocycles. The molecule has 4 nitrogen and oxygen atoms in total. The standard InChI is InChI=1S/C25H22N2O2/c1-2-19-12-6-9-15-23(19)26-16-22-20-13-7-8-14-21(20)24(28)27(25(22)29)17-18-10-4-3-5-11-18/h3-16,29H,2,17H2,1H3. The van der Waals surface area contributed by atoms with Crippen molar-refractivity contribution in [3.8, 4) is 5.88 Å². The Hall–Kier alpha value is -3.66. The van der Waals surface area contributed by atoms with Crippen LogP contribution in [-0.4, -0.2) is 15.9 Å². The Bertz CT molecular complexity index is 1240. The van der Waals surface area contributed by atoms with Crippen molar-refractivity contribution in [1.29, 1.82) is 0 Å². The molecule has 4 rings (SSSR count). The zero-order valence-electron chi connectivity index (χ0n) is 16.2. The van der Waals surface area contributed by atoms with Crippen LogP contribution in [0.2, 0.25) is 0 Å². The van der Waals surface area contributed by atoms with Gasteiger partial charge in [0.25, 0.3) is 5.56 Å². The molecular formula is C25H22N2O2. The summed E-state index contributed by atoms with van der Waals surface area (Å²) in [6.07, 6.45) is 2.53. The molecule has 0 unspecified atom stereocenters. The van der Waals surface area contributed by atoms with E-state index in [4.69, 9.17) is 0 Å². The highest BCUT2D eigenvalue weighted by molar-refractivity contribution is 6.02. The van der Waals surface area contributed by atoms with Crippen molar-refractivity contribution in [2.75, 3.05) is 0 Å². The summed E-state index contributed by atoms with van der Waals surface area (Å²) in [5, 5.41) is 12.3. The number of fused-ring (bicyclic) bond motifs is 1. The predicted octanol–water partition coefficient (Wildman–Crippen LogP) is 5.07. The molecule has 0 aliphatic rings. The molecule has 29 heavy (non-hydrogen) atoms. The SMILES string of the molecule is CCc1ccccc1N=Cc1c(O)n(Cc2ccccc2)c(=O)c2ccccc12. The zero-order valence-corrected chi connectivity index (χ0v) is 16.2. The molecule has 0 radical (unpaired) electrons. The summed E-state index contributed by atoms with van der Waals surface area (Å²) < 4.78 is 1.41. The first kappa shape index (κ1) is 18.7. The maximum absolute atomic E-state index is 13.0. The monoisotopic (exact) mass is 382 g/mol. The number of pyridine rings is 1. The number of hydrogen-bond acceptors (Lipinski definition) is 3. The highest BCUT2D eigenvalue weighted by atomic mass is 16.3. The van der Waals surface area contributed by atoms with Crippen LogP contribution in [0.15, 0.2) is 88.6 Å². The highest BCUT2D eigenvalue weighted by Crippen LogP contribution is 2.26. The molecule has 0 spiro atoms. The fourth-order valence-corrected chi connectivity index (χ4v) is 3.52. The van der Waals surface area contributed by atoms with Gasteiger partial charge >= 0.3 is 0 Å². The van der Waals surface area contributed by atoms with Crippen LogP contribution in [0.25, 0.3) is 10.8 Å². The van der Waals surface area contributed by atoms with Gasteiger partial charge in [0.05, 0.1) is 17.8 Å². The molecular weight excluding hydrogens is 360 g/mol. The van der Waals surface area contributed by atoms with Gasteiger partial charge in [-0.05, 0) is 29.7 Å². The van der Waals surface area contributed by atoms with Gasteiger partial charge < -0.3 is 5.11 Å². The zero-order chi connectivity index (χ0) is 20.2. The summed E-state index contributed by atoms with van der Waals surface area (Å²) in [4.78, 5) is 17.7. The molecule has 0 amide bonds. The van der Waals surface area contributed by atoms with E-state index in [2.05, 4.69) is 11.9 Å². The first-order chi connectivity index (χ1) is 14.2. The van der Waals surface area contributed by atoms with E-state index in [0.717, 1.165) is 23.2 Å². The van der Waals surface area contributed by atoms with Crippen molar-refractivity contribution < 1.29 is 5.11 Å². The number of rotatable bonds is 5. The fraction of sp³-hybridized carbons (Fsp3) is 0.120. The Morgan fingerprint density at radius 2 is 1.55 bits per heavy atom. The molecule has 4 heteroatoms. The van der Waals surface area contributed by atoms with Crippen LogP contribution in [0.4, 0.5) is 5.69 Å². The largest absolute Gasteiger partial charge is 0.494 e. The van der Waals surface area contributed by atoms with Gasteiger partial charge in [0, 0.05) is 17.0 Å². The van der Waals surface area contributed by atoms with Crippen molar-refractivity contribution in [2.45, 2.75) is 19.9 Å². The molecule has 0 saturated carbocycles. The average Bonchev–Trinajstić information content (AvgIpc) is 2.77. The molecule has 1 aromatic heterocycles. The molecule has 1 N–H and O–H groups in total. The van der Waals surface area contributed by atoms with Crippen molar-refractivity contribution >= 4 is 22.7 Å². The lowest BCUT2D eigenvalue weighted by atomic mass is 10.1. The van der Waals surface area contributed by atoms with Crippen LogP contribution in [0.5, 0.6) is 5.88 Å². The third kappa shape index (κ3) is 3.69. The normalized spacial score (nSPS) is 11.3. The van der Waals surface area contributed by atoms with Gasteiger partial charge in [0.2, 0.25) is 5.88 Å². The molecule has 0 bridgehead atoms. The number of aryl methyl sites for hydroxylation is 1. The number of aliphatic imine (C=N–C) groups is 1. The second-order valence-electron chi connectivity index (χ2n) is 6.90. The van der Waals surface area contributed by atoms with E-state index in [1.54, 1.807) is 12.3 Å². The number of hydrogen-bond donors (Lipinski definition) is 1. The molecule has 144 valence electrons. The van der Waals surface area contributed by atoms with Crippen molar-refractivity contribution in [3.63, 3.8) is 0 Å². The van der Waals surface area contributed by atoms with Gasteiger partial charge in [-0.1, -0.05) is 73.7 Å². The topological polar surface area (TPSA) is 54.6 Å². The first-order valence-corrected chi connectivity index (χ1v) is 9.69. The molecule has 0 atom stereocenters. The van der Waals surface area contributed by atoms with Crippen LogP contribution in [-0.2, 0) is 13.0 Å². The predicted molar refractivity (Wildman–Crippen MR) is 118 cm³/mol. The second kappa shape index (κ2) is 8.15. The van der Waals surface area contributed by atoms with Crippen molar-refractivity contribution in [3.05, 3.63) is 106 Å². The Morgan fingerprint density at radius 1 is 0.897 bits per heavy atom. The molecule has 4 aromatic rings. The lowest BCUT2D eigenvalue weighted by Crippen LogP contribution is -2.22. The van der Waals surface area contributed by atoms with Crippen molar-refractivity contribution in [1.82, 2.24) is 4.57 Å². The number of nitrogens with zero attached hydrogens (tertiary/aromatic N) is 2. The van der Waals surface area contributed by atoms with E-state index in [1.807, 2.05) is 72.8 Å². The number of aromatic nitrogens is 1. The van der Waals surface area contributed by atoms with E-state index >= 15 is 0 Å². The van der Waals surface area contributed by atoms with Crippen LogP contribution in [0, 0.1) is 0 Å². The summed E-state index contributed by atoms with van der Waals surface area (Å²) >= 11 is 0. The smallest absolute Gasteiger partial charge is 0.261 e. The summed E-state index contributed by atoms with van der Waals surface area (Å²) in [5.41, 5.74) is 3.26. The third-order valence-electron chi connectivity index (χ3n) is 5.08. The molecule has 1 heterocycles. The van der Waals surface area contributed by atoms with Crippen LogP contribution >= 0.6 is 0 Å². The summed E-state index contributed by atoms with van der Waals surface area (Å²) in [5.74, 6) is -0.0738. The van der Waals surface area contributed by atoms with Gasteiger partial charge in [-0.3, -0.25) is 14.4 Å². The summed E-state index contributed by atoms with van der Waals surface area (Å²) in [7, 11) is 0. The average molecular weight is 382 g/mol. The third-order valence-corrected chi connectivity index (χ3v) is 5.08. The Balaban J connectivity index is 1.89. The maximum Gasteiger partial charge on any atom is 0.261 e. The number of aromatic hydroxyl groups is 1. The van der Waals surface area contributed by atoms with Gasteiger partial charge in [-0.25, -0.2) is 0 Å². The van der Waals surface area contributed by atoms with E-state index in [9.17, 15) is 9.90 Å². The summed E-state index contributed by atoms with van der Waals surface area (Å²) in [6.45, 7) is 2.38. The fourth-order valence-electron chi connectivity index (χ4n) is 3.52. The van der Waals surface area contributed by atoms with Crippen LogP contribution < -0.4 is 5.56 Å². The lowest BCUT2D eigenvalue weighted by Gasteiger charge is -2.14. The van der Waals surface area contributed by atoms with Crippen LogP contribution in [0.3, 0.4) is 0 Å². The minimum absolute atomic E-state index is 0.0738. The Morgan fingerprint density at radius 3 is 2.31 bits per heavy atom. The van der Waals surface area contributed by atoms with Crippen LogP contribution in [0.1, 0.15) is 23.6 Å². The van der Waals surface area contributed by atoms with E-state index < -0.39 is 0 Å². The number of para-hydroxylation sites is 1. The lowest BCUT2D eigenvalue weighted by molar-refractivity contribution is 0.416. The van der Waals surface area contributed by atoms with Gasteiger partial charge in [-0.2, -0.15) is 0 Å². The van der Waals surface area contributed by atoms with E-state index in [0.29, 0.717) is 22.9 Å². The second-order valence-corrected chi connectivity index (χ2v) is 6.90. The van der Waals surface area contributed by atoms with Gasteiger partial charge in [0.15, 0.2) is 0 Å². The quantitative estimate of drug-likeness (QED) is 0.490. The number of benzene rings is 3. The van der Waals surface area contributed by atoms with Gasteiger partial charge in [0.1, 0.15) is 0 Å². The molecule has 0 fully saturated rings. The van der Waals surface area contributed by atoms with Gasteiger partial charge in [-0.15, -0.1) is 0 Å². The molecule has 3 aromatic carbocycles.